The minimum Gasteiger partial charge on any atom is -0.228 e. The van der Waals surface area contributed by atoms with Crippen LogP contribution in [0.5, 0.6) is 0 Å². The second-order valence-corrected chi connectivity index (χ2v) is 15.2. The second kappa shape index (κ2) is 12.9. The highest BCUT2D eigenvalue weighted by Crippen LogP contribution is 2.42. The molecule has 9 aromatic carbocycles. The lowest BCUT2D eigenvalue weighted by atomic mass is 9.92. The third kappa shape index (κ3) is 5.40. The fraction of sp³-hybridized carbons (Fsp3) is 0. The molecule has 0 saturated heterocycles. The van der Waals surface area contributed by atoms with E-state index < -0.39 is 0 Å². The minimum absolute atomic E-state index is 0.718. The van der Waals surface area contributed by atoms with Gasteiger partial charge in [0.1, 0.15) is 0 Å². The summed E-state index contributed by atoms with van der Waals surface area (Å²) in [7, 11) is 0. The molecule has 0 unspecified atom stereocenters. The van der Waals surface area contributed by atoms with Gasteiger partial charge in [-0.05, 0) is 72.8 Å². The number of rotatable bonds is 5. The molecule has 3 heteroatoms. The molecule has 2 heterocycles. The van der Waals surface area contributed by atoms with E-state index in [0.29, 0.717) is 0 Å². The summed E-state index contributed by atoms with van der Waals surface area (Å²) < 4.78 is 2.63. The number of thiophene rings is 1. The summed E-state index contributed by atoms with van der Waals surface area (Å²) >= 11 is 1.86. The molecule has 2 aromatic heterocycles. The minimum atomic E-state index is 0.718. The summed E-state index contributed by atoms with van der Waals surface area (Å²) in [5.74, 6) is 0.718. The van der Waals surface area contributed by atoms with Crippen LogP contribution in [0.25, 0.3) is 109 Å². The summed E-state index contributed by atoms with van der Waals surface area (Å²) in [6, 6.07) is 69.7. The van der Waals surface area contributed by atoms with Gasteiger partial charge in [0.25, 0.3) is 0 Å². The predicted octanol–water partition coefficient (Wildman–Crippen LogP) is 14.6. The molecule has 0 radical (unpaired) electrons. The Balaban J connectivity index is 1.11. The third-order valence-corrected chi connectivity index (χ3v) is 12.1. The molecule has 0 fully saturated rings. The van der Waals surface area contributed by atoms with Gasteiger partial charge >= 0.3 is 0 Å². The SMILES string of the molecule is c1ccc(-c2ccc(-c3cc(-c4ccc(-c5cccc6c5sc5ccccc56)cc4)nc(-c4c5ccccc5cc5c4ccc4ccccc45)n3)cc2)cc1. The van der Waals surface area contributed by atoms with Crippen molar-refractivity contribution in [3.05, 3.63) is 194 Å². The van der Waals surface area contributed by atoms with Gasteiger partial charge < -0.3 is 0 Å². The fourth-order valence-corrected chi connectivity index (χ4v) is 9.41. The van der Waals surface area contributed by atoms with Gasteiger partial charge in [-0.2, -0.15) is 0 Å². The smallest absolute Gasteiger partial charge is 0.161 e. The lowest BCUT2D eigenvalue weighted by Crippen LogP contribution is -1.98. The van der Waals surface area contributed by atoms with Crippen LogP contribution < -0.4 is 0 Å². The molecular weight excluding hydrogens is 685 g/mol. The Bertz CT molecular complexity index is 3230. The van der Waals surface area contributed by atoms with Crippen LogP contribution in [0.2, 0.25) is 0 Å². The first-order chi connectivity index (χ1) is 27.2. The van der Waals surface area contributed by atoms with Crippen molar-refractivity contribution in [2.75, 3.05) is 0 Å². The van der Waals surface area contributed by atoms with Crippen molar-refractivity contribution in [2.45, 2.75) is 0 Å². The molecule has 0 aliphatic heterocycles. The lowest BCUT2D eigenvalue weighted by molar-refractivity contribution is 1.19. The zero-order valence-electron chi connectivity index (χ0n) is 29.8. The number of nitrogens with zero attached hydrogens (tertiary/aromatic N) is 2. The van der Waals surface area contributed by atoms with Crippen LogP contribution in [-0.2, 0) is 0 Å². The van der Waals surface area contributed by atoms with Crippen molar-refractivity contribution in [3.63, 3.8) is 0 Å². The van der Waals surface area contributed by atoms with Crippen molar-refractivity contribution < 1.29 is 0 Å². The molecule has 0 amide bonds. The first-order valence-corrected chi connectivity index (χ1v) is 19.5. The lowest BCUT2D eigenvalue weighted by Gasteiger charge is -2.15. The highest BCUT2D eigenvalue weighted by Gasteiger charge is 2.18. The molecule has 11 rings (SSSR count). The molecule has 256 valence electrons. The third-order valence-electron chi connectivity index (χ3n) is 10.9. The Morgan fingerprint density at radius 2 is 0.909 bits per heavy atom. The van der Waals surface area contributed by atoms with Crippen molar-refractivity contribution in [3.8, 4) is 56.2 Å². The van der Waals surface area contributed by atoms with Gasteiger partial charge in [0, 0.05) is 36.9 Å². The van der Waals surface area contributed by atoms with Crippen LogP contribution in [0.4, 0.5) is 0 Å². The van der Waals surface area contributed by atoms with E-state index in [0.717, 1.165) is 44.7 Å². The van der Waals surface area contributed by atoms with Crippen LogP contribution in [0.1, 0.15) is 0 Å². The fourth-order valence-electron chi connectivity index (χ4n) is 8.18. The molecule has 2 nitrogen and oxygen atoms in total. The second-order valence-electron chi connectivity index (χ2n) is 14.1. The van der Waals surface area contributed by atoms with E-state index in [1.165, 1.54) is 64.0 Å². The average molecular weight is 717 g/mol. The summed E-state index contributed by atoms with van der Waals surface area (Å²) in [4.78, 5) is 10.8. The normalized spacial score (nSPS) is 11.6. The Kier molecular flexibility index (Phi) is 7.39. The number of hydrogen-bond acceptors (Lipinski definition) is 3. The van der Waals surface area contributed by atoms with Crippen LogP contribution in [0, 0.1) is 0 Å². The van der Waals surface area contributed by atoms with Gasteiger partial charge in [0.15, 0.2) is 5.82 Å². The first kappa shape index (κ1) is 31.6. The zero-order chi connectivity index (χ0) is 36.3. The quantitative estimate of drug-likeness (QED) is 0.131. The maximum Gasteiger partial charge on any atom is 0.161 e. The Hall–Kier alpha value is -6.94. The Labute approximate surface area is 322 Å². The van der Waals surface area contributed by atoms with Crippen molar-refractivity contribution in [2.24, 2.45) is 0 Å². The molecule has 0 aliphatic carbocycles. The molecule has 55 heavy (non-hydrogen) atoms. The average Bonchev–Trinajstić information content (AvgIpc) is 3.65. The predicted molar refractivity (Wildman–Crippen MR) is 235 cm³/mol. The van der Waals surface area contributed by atoms with Crippen molar-refractivity contribution >= 4 is 63.8 Å². The number of fused-ring (bicyclic) bond motifs is 7. The topological polar surface area (TPSA) is 25.8 Å². The molecule has 0 saturated carbocycles. The molecule has 0 spiro atoms. The van der Waals surface area contributed by atoms with Crippen LogP contribution in [0.15, 0.2) is 194 Å². The van der Waals surface area contributed by atoms with Gasteiger partial charge in [-0.15, -0.1) is 11.3 Å². The molecule has 0 N–H and O–H groups in total. The van der Waals surface area contributed by atoms with E-state index in [1.54, 1.807) is 0 Å². The van der Waals surface area contributed by atoms with E-state index in [2.05, 4.69) is 194 Å². The Morgan fingerprint density at radius 3 is 1.67 bits per heavy atom. The zero-order valence-corrected chi connectivity index (χ0v) is 30.6. The highest BCUT2D eigenvalue weighted by atomic mass is 32.1. The largest absolute Gasteiger partial charge is 0.228 e. The van der Waals surface area contributed by atoms with Gasteiger partial charge in [-0.25, -0.2) is 9.97 Å². The maximum absolute atomic E-state index is 5.42. The molecule has 0 atom stereocenters. The van der Waals surface area contributed by atoms with Gasteiger partial charge in [-0.3, -0.25) is 0 Å². The Morgan fingerprint density at radius 1 is 0.327 bits per heavy atom. The summed E-state index contributed by atoms with van der Waals surface area (Å²) in [6.45, 7) is 0. The maximum atomic E-state index is 5.42. The van der Waals surface area contributed by atoms with Gasteiger partial charge in [0.05, 0.1) is 11.4 Å². The van der Waals surface area contributed by atoms with Gasteiger partial charge in [-0.1, -0.05) is 176 Å². The molecule has 0 aliphatic rings. The molecule has 0 bridgehead atoms. The standard InChI is InChI=1S/C52H32N2S/c1-2-11-33(12-3-1)34-21-25-37(26-22-34)47-32-48(38-27-23-36(24-28-38)42-18-10-19-45-43-17-8-9-20-49(43)55-51(42)45)54-52(53-47)50-41-16-7-5-14-39(41)31-46-40-15-6-4-13-35(40)29-30-44(46)50/h1-32H. The number of hydrogen-bond donors (Lipinski definition) is 0. The number of benzene rings is 9. The van der Waals surface area contributed by atoms with Crippen molar-refractivity contribution in [1.29, 1.82) is 0 Å². The van der Waals surface area contributed by atoms with E-state index >= 15 is 0 Å². The van der Waals surface area contributed by atoms with E-state index in [1.807, 2.05) is 11.3 Å². The summed E-state index contributed by atoms with van der Waals surface area (Å²) in [6.07, 6.45) is 0. The summed E-state index contributed by atoms with van der Waals surface area (Å²) in [5.41, 5.74) is 9.74. The summed E-state index contributed by atoms with van der Waals surface area (Å²) in [5, 5.41) is 9.72. The number of aromatic nitrogens is 2. The highest BCUT2D eigenvalue weighted by molar-refractivity contribution is 7.26. The van der Waals surface area contributed by atoms with Crippen LogP contribution in [0.3, 0.4) is 0 Å². The van der Waals surface area contributed by atoms with Crippen molar-refractivity contribution in [1.82, 2.24) is 9.97 Å². The van der Waals surface area contributed by atoms with E-state index in [4.69, 9.17) is 9.97 Å². The first-order valence-electron chi connectivity index (χ1n) is 18.6. The van der Waals surface area contributed by atoms with Crippen LogP contribution in [-0.4, -0.2) is 9.97 Å². The van der Waals surface area contributed by atoms with E-state index in [-0.39, 0.29) is 0 Å². The van der Waals surface area contributed by atoms with Gasteiger partial charge in [0.2, 0.25) is 0 Å². The molecule has 11 aromatic rings. The monoisotopic (exact) mass is 716 g/mol. The van der Waals surface area contributed by atoms with E-state index in [9.17, 15) is 0 Å². The molecular formula is C52H32N2S. The van der Waals surface area contributed by atoms with Crippen LogP contribution >= 0.6 is 11.3 Å².